The van der Waals surface area contributed by atoms with Crippen molar-refractivity contribution in [1.29, 1.82) is 0 Å². The number of hydrogen-bond acceptors (Lipinski definition) is 4. The second-order valence-corrected chi connectivity index (χ2v) is 3.22. The van der Waals surface area contributed by atoms with Crippen LogP contribution in [0.15, 0.2) is 12.1 Å². The highest BCUT2D eigenvalue weighted by molar-refractivity contribution is 5.83. The Balaban J connectivity index is 2.72. The molecule has 2 rings (SSSR count). The minimum atomic E-state index is -4.49. The number of nitrogens with zero attached hydrogens (tertiary/aromatic N) is 3. The van der Waals surface area contributed by atoms with Crippen LogP contribution in [0.2, 0.25) is 0 Å². The summed E-state index contributed by atoms with van der Waals surface area (Å²) in [4.78, 5) is 11.1. The zero-order valence-corrected chi connectivity index (χ0v) is 8.21. The molecule has 0 bridgehead atoms. The minimum Gasteiger partial charge on any atom is -0.382 e. The van der Waals surface area contributed by atoms with Gasteiger partial charge >= 0.3 is 6.18 Å². The molecule has 0 aromatic carbocycles. The van der Waals surface area contributed by atoms with Crippen LogP contribution >= 0.6 is 0 Å². The van der Waals surface area contributed by atoms with Crippen molar-refractivity contribution in [2.75, 3.05) is 5.73 Å². The van der Waals surface area contributed by atoms with Gasteiger partial charge < -0.3 is 5.73 Å². The van der Waals surface area contributed by atoms with Crippen LogP contribution in [-0.2, 0) is 6.18 Å². The second kappa shape index (κ2) is 3.29. The van der Waals surface area contributed by atoms with Gasteiger partial charge in [0.05, 0.1) is 5.52 Å². The fourth-order valence-corrected chi connectivity index (χ4v) is 1.31. The van der Waals surface area contributed by atoms with E-state index in [0.29, 0.717) is 11.3 Å². The highest BCUT2D eigenvalue weighted by Crippen LogP contribution is 2.29. The summed E-state index contributed by atoms with van der Waals surface area (Å²) in [5.74, 6) is 0.347. The molecule has 0 spiro atoms. The molecule has 84 valence electrons. The van der Waals surface area contributed by atoms with Gasteiger partial charge in [0.15, 0.2) is 5.82 Å². The van der Waals surface area contributed by atoms with Gasteiger partial charge in [0, 0.05) is 0 Å². The van der Waals surface area contributed by atoms with Gasteiger partial charge in [0.25, 0.3) is 0 Å². The summed E-state index contributed by atoms with van der Waals surface area (Å²) in [7, 11) is 0. The third-order valence-electron chi connectivity index (χ3n) is 1.97. The van der Waals surface area contributed by atoms with E-state index >= 15 is 0 Å². The van der Waals surface area contributed by atoms with Crippen molar-refractivity contribution in [2.45, 2.75) is 13.1 Å². The molecule has 2 aromatic rings. The Morgan fingerprint density at radius 3 is 2.44 bits per heavy atom. The highest BCUT2D eigenvalue weighted by atomic mass is 19.4. The topological polar surface area (TPSA) is 64.7 Å². The molecule has 0 fully saturated rings. The first-order valence-electron chi connectivity index (χ1n) is 4.36. The Morgan fingerprint density at radius 2 is 1.81 bits per heavy atom. The molecule has 0 atom stereocenters. The molecule has 16 heavy (non-hydrogen) atoms. The molecule has 4 nitrogen and oxygen atoms in total. The van der Waals surface area contributed by atoms with Gasteiger partial charge in [-0.1, -0.05) is 0 Å². The van der Waals surface area contributed by atoms with Gasteiger partial charge in [-0.15, -0.1) is 0 Å². The second-order valence-electron chi connectivity index (χ2n) is 3.22. The summed E-state index contributed by atoms with van der Waals surface area (Å²) in [6.45, 7) is 1.60. The van der Waals surface area contributed by atoms with Gasteiger partial charge in [-0.25, -0.2) is 15.0 Å². The van der Waals surface area contributed by atoms with Crippen LogP contribution in [0.4, 0.5) is 19.0 Å². The quantitative estimate of drug-likeness (QED) is 0.748. The fourth-order valence-electron chi connectivity index (χ4n) is 1.31. The Labute approximate surface area is 88.3 Å². The number of aryl methyl sites for hydroxylation is 1. The average molecular weight is 228 g/mol. The van der Waals surface area contributed by atoms with Gasteiger partial charge in [0.2, 0.25) is 0 Å². The van der Waals surface area contributed by atoms with Crippen LogP contribution in [0.5, 0.6) is 0 Å². The molecule has 0 saturated heterocycles. The number of rotatable bonds is 0. The fraction of sp³-hybridized carbons (Fsp3) is 0.222. The lowest BCUT2D eigenvalue weighted by atomic mass is 10.3. The normalized spacial score (nSPS) is 12.0. The zero-order chi connectivity index (χ0) is 11.9. The molecule has 2 heterocycles. The molecular formula is C9H7F3N4. The van der Waals surface area contributed by atoms with Gasteiger partial charge in [-0.2, -0.15) is 13.2 Å². The van der Waals surface area contributed by atoms with Crippen molar-refractivity contribution in [1.82, 2.24) is 15.0 Å². The van der Waals surface area contributed by atoms with E-state index in [9.17, 15) is 13.2 Å². The number of alkyl halides is 3. The van der Waals surface area contributed by atoms with Crippen molar-refractivity contribution < 1.29 is 13.2 Å². The highest BCUT2D eigenvalue weighted by Gasteiger charge is 2.32. The van der Waals surface area contributed by atoms with E-state index in [2.05, 4.69) is 15.0 Å². The first-order chi connectivity index (χ1) is 7.38. The molecule has 0 saturated carbocycles. The molecule has 0 aliphatic carbocycles. The summed E-state index contributed by atoms with van der Waals surface area (Å²) in [5, 5.41) is 0. The largest absolute Gasteiger partial charge is 0.433 e. The number of hydrogen-bond donors (Lipinski definition) is 1. The third kappa shape index (κ3) is 1.75. The van der Waals surface area contributed by atoms with Crippen LogP contribution < -0.4 is 5.73 Å². The van der Waals surface area contributed by atoms with E-state index in [1.54, 1.807) is 6.92 Å². The lowest BCUT2D eigenvalue weighted by molar-refractivity contribution is -0.140. The van der Waals surface area contributed by atoms with Gasteiger partial charge in [-0.3, -0.25) is 0 Å². The maximum atomic E-state index is 12.4. The molecule has 2 aromatic heterocycles. The number of nitrogen functional groups attached to an aromatic ring is 1. The Hall–Kier alpha value is -1.92. The Morgan fingerprint density at radius 1 is 1.12 bits per heavy atom. The number of aromatic nitrogens is 3. The summed E-state index contributed by atoms with van der Waals surface area (Å²) in [6, 6.07) is 2.10. The molecule has 0 radical (unpaired) electrons. The zero-order valence-electron chi connectivity index (χ0n) is 8.21. The van der Waals surface area contributed by atoms with E-state index in [1.165, 1.54) is 6.07 Å². The van der Waals surface area contributed by atoms with Crippen molar-refractivity contribution >= 4 is 16.9 Å². The molecule has 0 amide bonds. The SMILES string of the molecule is Cc1nc(N)c2nc(C(F)(F)F)ccc2n1. The number of anilines is 1. The monoisotopic (exact) mass is 228 g/mol. The molecule has 0 unspecified atom stereocenters. The predicted molar refractivity (Wildman–Crippen MR) is 51.5 cm³/mol. The van der Waals surface area contributed by atoms with E-state index in [4.69, 9.17) is 5.73 Å². The minimum absolute atomic E-state index is 0.0274. The van der Waals surface area contributed by atoms with Crippen molar-refractivity contribution in [3.8, 4) is 0 Å². The summed E-state index contributed by atoms with van der Waals surface area (Å²) < 4.78 is 37.1. The molecule has 0 aliphatic heterocycles. The maximum absolute atomic E-state index is 12.4. The lowest BCUT2D eigenvalue weighted by Crippen LogP contribution is -2.09. The molecule has 0 aliphatic rings. The molecule has 7 heteroatoms. The predicted octanol–water partition coefficient (Wildman–Crippen LogP) is 1.93. The number of halogens is 3. The standard InChI is InChI=1S/C9H7F3N4/c1-4-14-5-2-3-6(9(10,11)12)16-7(5)8(13)15-4/h2-3H,1H3,(H2,13,14,15). The van der Waals surface area contributed by atoms with Crippen LogP contribution in [0.25, 0.3) is 11.0 Å². The van der Waals surface area contributed by atoms with E-state index in [0.717, 1.165) is 6.07 Å². The third-order valence-corrected chi connectivity index (χ3v) is 1.97. The van der Waals surface area contributed by atoms with Crippen molar-refractivity contribution in [3.63, 3.8) is 0 Å². The van der Waals surface area contributed by atoms with E-state index < -0.39 is 11.9 Å². The summed E-state index contributed by atoms with van der Waals surface area (Å²) in [5.41, 5.74) is 4.76. The van der Waals surface area contributed by atoms with Gasteiger partial charge in [-0.05, 0) is 19.1 Å². The molecule has 2 N–H and O–H groups in total. The van der Waals surface area contributed by atoms with Crippen LogP contribution in [0.1, 0.15) is 11.5 Å². The van der Waals surface area contributed by atoms with Gasteiger partial charge in [0.1, 0.15) is 17.0 Å². The maximum Gasteiger partial charge on any atom is 0.433 e. The lowest BCUT2D eigenvalue weighted by Gasteiger charge is -2.07. The Bertz CT molecular complexity index is 550. The number of pyridine rings is 1. The first kappa shape index (κ1) is 10.6. The number of nitrogens with two attached hydrogens (primary N) is 1. The first-order valence-corrected chi connectivity index (χ1v) is 4.36. The Kier molecular flexibility index (Phi) is 2.18. The molecular weight excluding hydrogens is 221 g/mol. The van der Waals surface area contributed by atoms with Crippen LogP contribution in [0.3, 0.4) is 0 Å². The van der Waals surface area contributed by atoms with Crippen molar-refractivity contribution in [2.24, 2.45) is 0 Å². The summed E-state index contributed by atoms with van der Waals surface area (Å²) in [6.07, 6.45) is -4.49. The van der Waals surface area contributed by atoms with E-state index in [-0.39, 0.29) is 11.3 Å². The smallest absolute Gasteiger partial charge is 0.382 e. The summed E-state index contributed by atoms with van der Waals surface area (Å²) >= 11 is 0. The van der Waals surface area contributed by atoms with Crippen LogP contribution in [-0.4, -0.2) is 15.0 Å². The van der Waals surface area contributed by atoms with Crippen molar-refractivity contribution in [3.05, 3.63) is 23.7 Å². The van der Waals surface area contributed by atoms with E-state index in [1.807, 2.05) is 0 Å². The average Bonchev–Trinajstić information content (AvgIpc) is 2.15. The number of fused-ring (bicyclic) bond motifs is 1. The van der Waals surface area contributed by atoms with Crippen LogP contribution in [0, 0.1) is 6.92 Å².